The molecule has 1 saturated heterocycles. The predicted octanol–water partition coefficient (Wildman–Crippen LogP) is 1.11. The third-order valence-corrected chi connectivity index (χ3v) is 3.31. The van der Waals surface area contributed by atoms with E-state index >= 15 is 0 Å². The van der Waals surface area contributed by atoms with E-state index in [9.17, 15) is 4.79 Å². The van der Waals surface area contributed by atoms with Crippen LogP contribution in [0.15, 0.2) is 0 Å². The average molecular weight is 241 g/mol. The predicted molar refractivity (Wildman–Crippen MR) is 70.8 cm³/mol. The first-order valence-corrected chi connectivity index (χ1v) is 7.02. The molecule has 0 aliphatic carbocycles. The van der Waals surface area contributed by atoms with Crippen molar-refractivity contribution in [1.82, 2.24) is 10.2 Å². The Bertz CT molecular complexity index is 203. The number of carbonyl (C=O) groups excluding carboxylic acids is 1. The molecule has 0 aromatic carbocycles. The maximum Gasteiger partial charge on any atom is 0.220 e. The van der Waals surface area contributed by atoms with Crippen LogP contribution in [0.2, 0.25) is 0 Å². The lowest BCUT2D eigenvalue weighted by Gasteiger charge is -2.14. The van der Waals surface area contributed by atoms with Crippen molar-refractivity contribution in [2.24, 2.45) is 5.73 Å². The summed E-state index contributed by atoms with van der Waals surface area (Å²) in [5.41, 5.74) is 5.41. The first-order valence-electron chi connectivity index (χ1n) is 7.02. The SMILES string of the molecule is NCCCCCCC(=O)NCCN1CCCC1. The fraction of sp³-hybridized carbons (Fsp3) is 0.923. The third kappa shape index (κ3) is 7.34. The second kappa shape index (κ2) is 9.42. The van der Waals surface area contributed by atoms with Crippen LogP contribution in [0, 0.1) is 0 Å². The molecule has 0 radical (unpaired) electrons. The largest absolute Gasteiger partial charge is 0.355 e. The van der Waals surface area contributed by atoms with Crippen LogP contribution in [0.4, 0.5) is 0 Å². The number of unbranched alkanes of at least 4 members (excludes halogenated alkanes) is 3. The summed E-state index contributed by atoms with van der Waals surface area (Å²) in [6.07, 6.45) is 7.65. The van der Waals surface area contributed by atoms with Gasteiger partial charge in [0.25, 0.3) is 0 Å². The molecule has 0 aromatic heterocycles. The molecule has 1 heterocycles. The van der Waals surface area contributed by atoms with E-state index < -0.39 is 0 Å². The van der Waals surface area contributed by atoms with Crippen molar-refractivity contribution in [2.45, 2.75) is 44.9 Å². The van der Waals surface area contributed by atoms with Crippen molar-refractivity contribution in [2.75, 3.05) is 32.7 Å². The maximum atomic E-state index is 11.5. The molecule has 0 atom stereocenters. The van der Waals surface area contributed by atoms with Gasteiger partial charge in [-0.1, -0.05) is 12.8 Å². The molecule has 1 fully saturated rings. The molecule has 1 aliphatic heterocycles. The summed E-state index contributed by atoms with van der Waals surface area (Å²) in [6, 6.07) is 0. The van der Waals surface area contributed by atoms with E-state index in [4.69, 9.17) is 5.73 Å². The second-order valence-corrected chi connectivity index (χ2v) is 4.85. The molecular formula is C13H27N3O. The van der Waals surface area contributed by atoms with Crippen LogP contribution in [0.5, 0.6) is 0 Å². The summed E-state index contributed by atoms with van der Waals surface area (Å²) in [5, 5.41) is 3.00. The maximum absolute atomic E-state index is 11.5. The number of nitrogens with one attached hydrogen (secondary N) is 1. The number of rotatable bonds is 9. The van der Waals surface area contributed by atoms with Gasteiger partial charge in [-0.25, -0.2) is 0 Å². The molecular weight excluding hydrogens is 214 g/mol. The van der Waals surface area contributed by atoms with Gasteiger partial charge in [-0.3, -0.25) is 4.79 Å². The highest BCUT2D eigenvalue weighted by Crippen LogP contribution is 2.05. The van der Waals surface area contributed by atoms with Gasteiger partial charge < -0.3 is 16.0 Å². The van der Waals surface area contributed by atoms with Gasteiger partial charge in [-0.05, 0) is 45.3 Å². The van der Waals surface area contributed by atoms with Crippen molar-refractivity contribution in [3.63, 3.8) is 0 Å². The summed E-state index contributed by atoms with van der Waals surface area (Å²) in [6.45, 7) is 4.99. The number of amides is 1. The van der Waals surface area contributed by atoms with Crippen LogP contribution in [0.1, 0.15) is 44.9 Å². The van der Waals surface area contributed by atoms with Gasteiger partial charge in [0.15, 0.2) is 0 Å². The van der Waals surface area contributed by atoms with Crippen LogP contribution < -0.4 is 11.1 Å². The zero-order valence-corrected chi connectivity index (χ0v) is 10.9. The lowest BCUT2D eigenvalue weighted by molar-refractivity contribution is -0.121. The van der Waals surface area contributed by atoms with E-state index in [0.717, 1.165) is 45.3 Å². The molecule has 0 unspecified atom stereocenters. The van der Waals surface area contributed by atoms with Crippen LogP contribution >= 0.6 is 0 Å². The topological polar surface area (TPSA) is 58.4 Å². The molecule has 100 valence electrons. The number of hydrogen-bond acceptors (Lipinski definition) is 3. The Kier molecular flexibility index (Phi) is 8.01. The van der Waals surface area contributed by atoms with Gasteiger partial charge in [0.05, 0.1) is 0 Å². The Balaban J connectivity index is 1.86. The molecule has 3 N–H and O–H groups in total. The molecule has 1 amide bonds. The summed E-state index contributed by atoms with van der Waals surface area (Å²) in [5.74, 6) is 0.206. The van der Waals surface area contributed by atoms with E-state index in [1.165, 1.54) is 25.9 Å². The molecule has 17 heavy (non-hydrogen) atoms. The molecule has 1 rings (SSSR count). The standard InChI is InChI=1S/C13H27N3O/c14-8-4-2-1-3-7-13(17)15-9-12-16-10-5-6-11-16/h1-12,14H2,(H,15,17). The van der Waals surface area contributed by atoms with E-state index in [1.54, 1.807) is 0 Å². The Morgan fingerprint density at radius 3 is 2.53 bits per heavy atom. The monoisotopic (exact) mass is 241 g/mol. The molecule has 0 aromatic rings. The molecule has 0 saturated carbocycles. The van der Waals surface area contributed by atoms with Crippen molar-refractivity contribution in [1.29, 1.82) is 0 Å². The Morgan fingerprint density at radius 2 is 1.82 bits per heavy atom. The highest BCUT2D eigenvalue weighted by Gasteiger charge is 2.10. The summed E-state index contributed by atoms with van der Waals surface area (Å²) in [7, 11) is 0. The average Bonchev–Trinajstić information content (AvgIpc) is 2.82. The molecule has 1 aliphatic rings. The first kappa shape index (κ1) is 14.5. The van der Waals surface area contributed by atoms with Crippen molar-refractivity contribution in [3.05, 3.63) is 0 Å². The number of likely N-dealkylation sites (tertiary alicyclic amines) is 1. The van der Waals surface area contributed by atoms with E-state index in [0.29, 0.717) is 6.42 Å². The Morgan fingerprint density at radius 1 is 1.12 bits per heavy atom. The zero-order chi connectivity index (χ0) is 12.3. The summed E-state index contributed by atoms with van der Waals surface area (Å²) in [4.78, 5) is 13.9. The van der Waals surface area contributed by atoms with Crippen LogP contribution in [0.25, 0.3) is 0 Å². The minimum absolute atomic E-state index is 0.206. The van der Waals surface area contributed by atoms with Crippen LogP contribution in [-0.2, 0) is 4.79 Å². The normalized spacial score (nSPS) is 16.3. The smallest absolute Gasteiger partial charge is 0.220 e. The third-order valence-electron chi connectivity index (χ3n) is 3.31. The van der Waals surface area contributed by atoms with Gasteiger partial charge in [0.2, 0.25) is 5.91 Å². The summed E-state index contributed by atoms with van der Waals surface area (Å²) < 4.78 is 0. The van der Waals surface area contributed by atoms with Crippen LogP contribution in [-0.4, -0.2) is 43.5 Å². The Hall–Kier alpha value is -0.610. The van der Waals surface area contributed by atoms with Gasteiger partial charge in [-0.2, -0.15) is 0 Å². The number of carbonyl (C=O) groups is 1. The fourth-order valence-electron chi connectivity index (χ4n) is 2.23. The second-order valence-electron chi connectivity index (χ2n) is 4.85. The lowest BCUT2D eigenvalue weighted by Crippen LogP contribution is -2.33. The number of hydrogen-bond donors (Lipinski definition) is 2. The van der Waals surface area contributed by atoms with Crippen molar-refractivity contribution in [3.8, 4) is 0 Å². The number of nitrogens with zero attached hydrogens (tertiary/aromatic N) is 1. The van der Waals surface area contributed by atoms with Gasteiger partial charge in [0, 0.05) is 19.5 Å². The first-order chi connectivity index (χ1) is 8.33. The van der Waals surface area contributed by atoms with E-state index in [2.05, 4.69) is 10.2 Å². The zero-order valence-electron chi connectivity index (χ0n) is 10.9. The van der Waals surface area contributed by atoms with E-state index in [1.807, 2.05) is 0 Å². The molecule has 0 bridgehead atoms. The van der Waals surface area contributed by atoms with Gasteiger partial charge >= 0.3 is 0 Å². The molecule has 4 heteroatoms. The van der Waals surface area contributed by atoms with Crippen LogP contribution in [0.3, 0.4) is 0 Å². The highest BCUT2D eigenvalue weighted by atomic mass is 16.1. The minimum atomic E-state index is 0.206. The summed E-state index contributed by atoms with van der Waals surface area (Å²) >= 11 is 0. The number of nitrogens with two attached hydrogens (primary N) is 1. The van der Waals surface area contributed by atoms with Crippen molar-refractivity contribution >= 4 is 5.91 Å². The molecule has 4 nitrogen and oxygen atoms in total. The molecule has 0 spiro atoms. The minimum Gasteiger partial charge on any atom is -0.355 e. The van der Waals surface area contributed by atoms with Gasteiger partial charge in [0.1, 0.15) is 0 Å². The van der Waals surface area contributed by atoms with E-state index in [-0.39, 0.29) is 5.91 Å². The highest BCUT2D eigenvalue weighted by molar-refractivity contribution is 5.75. The van der Waals surface area contributed by atoms with Crippen molar-refractivity contribution < 1.29 is 4.79 Å². The quantitative estimate of drug-likeness (QED) is 0.595. The fourth-order valence-corrected chi connectivity index (χ4v) is 2.23. The van der Waals surface area contributed by atoms with Gasteiger partial charge in [-0.15, -0.1) is 0 Å². The Labute approximate surface area is 105 Å². The lowest BCUT2D eigenvalue weighted by atomic mass is 10.1.